The number of anilines is 1. The summed E-state index contributed by atoms with van der Waals surface area (Å²) in [6.45, 7) is 19.5. The number of aromatic amines is 1. The first kappa shape index (κ1) is 102. The predicted molar refractivity (Wildman–Crippen MR) is 469 cm³/mol. The average molecular weight is 1770 g/mol. The second kappa shape index (κ2) is 54.4. The number of unbranched alkanes of at least 4 members (excludes halogenated alkanes) is 2. The molecule has 35 nitrogen and oxygen atoms in total. The van der Waals surface area contributed by atoms with E-state index >= 15 is 0 Å². The Kier molecular flexibility index (Phi) is 43.9. The van der Waals surface area contributed by atoms with E-state index in [1.54, 1.807) is 58.9 Å². The minimum absolute atomic E-state index is 0.0134. The van der Waals surface area contributed by atoms with Crippen LogP contribution in [-0.4, -0.2) is 302 Å². The number of cyclic esters (lactones) is 1. The van der Waals surface area contributed by atoms with Gasteiger partial charge in [-0.05, 0) is 145 Å². The van der Waals surface area contributed by atoms with E-state index in [9.17, 15) is 39.0 Å². The smallest absolute Gasteiger partial charge is 0.329 e. The van der Waals surface area contributed by atoms with Crippen LogP contribution in [0.1, 0.15) is 156 Å². The first-order valence-corrected chi connectivity index (χ1v) is 45.0. The standard InChI is InChI=1S/C91H139N13O22/c1-61-19-11-10-12-20-62(2)76(113-7)56-71-25-23-66(6)91(112,126-71)85(109)89(110)103-31-16-13-22-73(103)90(111)125-77(57-74(105)63(3)52-65(5)83(108)84(115-9)82(107)64(4)51-61)72(92)53-67-24-26-75(78(54-67)114-8)124-34-18-14-21-70-59-102(101-99-70)33-36-117-38-40-119-42-44-121-46-48-123-50-49-122-47-45-120-43-41-118-39-37-116-35-28-79(106)94-29-15-17-32-104-88-80(86(93)97-60-98-88)81(100-104)69-55-68-27-30-95-87(68)96-58-69/h10-12,19-20,27,30,52,55,58-61,63-64,66-67,71-73,75-78,83-84,108,112H,13-18,21-26,28-29,31-51,53-54,56-57,92H2,1-9H3,(H,94,106)(H,95,96)(H2,93,97,98)/b12-10+,19-11+,62-20+,65-52+/t61-,63-,64-,66-,67+,71+,72-,73+,75-,76+,77+,78-,83-,84+,91-/m1/s1. The second-order valence-corrected chi connectivity index (χ2v) is 33.4. The number of nitrogen functional groups attached to an aromatic ring is 1. The molecule has 0 unspecified atom stereocenters. The number of H-pyrrole nitrogens is 1. The maximum absolute atomic E-state index is 14.7. The zero-order valence-corrected chi connectivity index (χ0v) is 75.3. The molecule has 4 aliphatic rings. The molecular formula is C91H139N13O22. The van der Waals surface area contributed by atoms with E-state index in [1.165, 1.54) is 18.3 Å². The molecule has 700 valence electrons. The van der Waals surface area contributed by atoms with Crippen molar-refractivity contribution in [3.63, 3.8) is 0 Å². The van der Waals surface area contributed by atoms with Crippen LogP contribution in [0, 0.1) is 29.6 Å². The Morgan fingerprint density at radius 3 is 2.10 bits per heavy atom. The number of Topliss-reactive ketones (excluding diaryl/α,β-unsaturated/α-hetero) is 3. The number of aryl methyl sites for hydroxylation is 2. The van der Waals surface area contributed by atoms with Gasteiger partial charge < -0.3 is 103 Å². The van der Waals surface area contributed by atoms with Crippen LogP contribution in [-0.2, 0) is 115 Å². The Labute approximate surface area is 740 Å². The van der Waals surface area contributed by atoms with Crippen molar-refractivity contribution in [1.82, 2.24) is 54.9 Å². The topological polar surface area (TPSA) is 442 Å². The van der Waals surface area contributed by atoms with Gasteiger partial charge in [-0.1, -0.05) is 69.4 Å². The maximum Gasteiger partial charge on any atom is 0.329 e. The minimum Gasteiger partial charge on any atom is -0.459 e. The van der Waals surface area contributed by atoms with Crippen molar-refractivity contribution in [3.05, 3.63) is 90.3 Å². The Morgan fingerprint density at radius 2 is 1.42 bits per heavy atom. The number of nitrogens with zero attached hydrogens (tertiary/aromatic N) is 9. The molecule has 8 heterocycles. The van der Waals surface area contributed by atoms with Gasteiger partial charge in [-0.2, -0.15) is 5.10 Å². The summed E-state index contributed by atoms with van der Waals surface area (Å²) >= 11 is 0. The number of hydrogen-bond donors (Lipinski definition) is 6. The summed E-state index contributed by atoms with van der Waals surface area (Å²) in [5.41, 5.74) is 18.4. The normalized spacial score (nSPS) is 26.7. The number of rotatable bonds is 45. The highest BCUT2D eigenvalue weighted by atomic mass is 16.6. The number of aliphatic hydroxyl groups is 2. The molecule has 0 radical (unpaired) electrons. The van der Waals surface area contributed by atoms with Crippen LogP contribution in [0.25, 0.3) is 33.3 Å². The van der Waals surface area contributed by atoms with Crippen molar-refractivity contribution in [1.29, 1.82) is 0 Å². The molecule has 8 N–H and O–H groups in total. The van der Waals surface area contributed by atoms with Crippen molar-refractivity contribution in [2.45, 2.75) is 231 Å². The molecule has 0 spiro atoms. The molecule has 3 aliphatic heterocycles. The van der Waals surface area contributed by atoms with Gasteiger partial charge in [-0.25, -0.2) is 29.1 Å². The number of amides is 2. The van der Waals surface area contributed by atoms with Gasteiger partial charge in [0.25, 0.3) is 11.7 Å². The number of hydrogen-bond acceptors (Lipinski definition) is 30. The van der Waals surface area contributed by atoms with E-state index in [4.69, 9.17) is 82.9 Å². The molecule has 15 atom stereocenters. The number of carbonyl (C=O) groups is 6. The summed E-state index contributed by atoms with van der Waals surface area (Å²) in [6, 6.07) is 1.87. The molecule has 0 aromatic carbocycles. The number of allylic oxidation sites excluding steroid dienone is 6. The summed E-state index contributed by atoms with van der Waals surface area (Å²) in [5.74, 6) is -8.00. The predicted octanol–water partition coefficient (Wildman–Crippen LogP) is 7.90. The second-order valence-electron chi connectivity index (χ2n) is 33.4. The van der Waals surface area contributed by atoms with Gasteiger partial charge in [0.1, 0.15) is 53.6 Å². The molecule has 2 bridgehead atoms. The van der Waals surface area contributed by atoms with Crippen molar-refractivity contribution < 1.29 is 105 Å². The summed E-state index contributed by atoms with van der Waals surface area (Å²) in [5, 5.41) is 41.9. The minimum atomic E-state index is -2.48. The molecule has 1 aliphatic carbocycles. The number of aliphatic hydroxyl groups excluding tert-OH is 1. The highest BCUT2D eigenvalue weighted by Crippen LogP contribution is 2.39. The molecule has 1 saturated carbocycles. The lowest BCUT2D eigenvalue weighted by Gasteiger charge is -2.42. The Bertz CT molecular complexity index is 4270. The van der Waals surface area contributed by atoms with Crippen LogP contribution >= 0.6 is 0 Å². The van der Waals surface area contributed by atoms with E-state index in [0.717, 1.165) is 60.0 Å². The molecule has 5 aromatic heterocycles. The van der Waals surface area contributed by atoms with E-state index in [0.29, 0.717) is 218 Å². The zero-order chi connectivity index (χ0) is 90.2. The van der Waals surface area contributed by atoms with Crippen LogP contribution in [0.4, 0.5) is 5.82 Å². The van der Waals surface area contributed by atoms with Gasteiger partial charge in [0, 0.05) is 120 Å². The average Bonchev–Trinajstić information content (AvgIpc) is 1.16. The number of fused-ring (bicyclic) bond motifs is 5. The number of ketones is 3. The summed E-state index contributed by atoms with van der Waals surface area (Å²) < 4.78 is 85.1. The molecular weight excluding hydrogens is 1630 g/mol. The Hall–Kier alpha value is -8.08. The number of pyridine rings is 1. The Morgan fingerprint density at radius 1 is 0.730 bits per heavy atom. The number of aromatic nitrogens is 9. The van der Waals surface area contributed by atoms with Crippen molar-refractivity contribution in [2.24, 2.45) is 35.3 Å². The van der Waals surface area contributed by atoms with Crippen LogP contribution in [0.15, 0.2) is 84.7 Å². The summed E-state index contributed by atoms with van der Waals surface area (Å²) in [4.78, 5) is 102. The number of methoxy groups -OCH3 is 3. The fourth-order valence-electron chi connectivity index (χ4n) is 16.4. The fourth-order valence-corrected chi connectivity index (χ4v) is 16.4. The lowest BCUT2D eigenvalue weighted by molar-refractivity contribution is -0.265. The van der Waals surface area contributed by atoms with E-state index in [1.807, 2.05) is 73.4 Å². The lowest BCUT2D eigenvalue weighted by atomic mass is 9.80. The highest BCUT2D eigenvalue weighted by molar-refractivity contribution is 6.39. The van der Waals surface area contributed by atoms with Crippen molar-refractivity contribution >= 4 is 63.0 Å². The summed E-state index contributed by atoms with van der Waals surface area (Å²) in [7, 11) is 4.60. The summed E-state index contributed by atoms with van der Waals surface area (Å²) in [6.07, 6.45) is 21.7. The monoisotopic (exact) mass is 1770 g/mol. The van der Waals surface area contributed by atoms with Gasteiger partial charge in [0.15, 0.2) is 11.4 Å². The third kappa shape index (κ3) is 31.9. The fraction of sp³-hybridized carbons (Fsp3) is 0.692. The molecule has 2 saturated heterocycles. The number of nitrogens with one attached hydrogen (secondary N) is 2. The first-order chi connectivity index (χ1) is 61.0. The first-order valence-electron chi connectivity index (χ1n) is 45.0. The number of piperidine rings is 1. The van der Waals surface area contributed by atoms with E-state index in [2.05, 4.69) is 35.6 Å². The van der Waals surface area contributed by atoms with Crippen molar-refractivity contribution in [2.75, 3.05) is 152 Å². The van der Waals surface area contributed by atoms with Gasteiger partial charge in [-0.3, -0.25) is 24.0 Å². The van der Waals surface area contributed by atoms with Gasteiger partial charge in [0.2, 0.25) is 11.7 Å². The van der Waals surface area contributed by atoms with Crippen LogP contribution in [0.2, 0.25) is 0 Å². The lowest BCUT2D eigenvalue weighted by Crippen LogP contribution is -2.61. The maximum atomic E-state index is 14.7. The molecule has 126 heavy (non-hydrogen) atoms. The van der Waals surface area contributed by atoms with Gasteiger partial charge >= 0.3 is 5.97 Å². The molecule has 35 heteroatoms. The number of esters is 1. The zero-order valence-electron chi connectivity index (χ0n) is 75.3. The largest absolute Gasteiger partial charge is 0.459 e. The van der Waals surface area contributed by atoms with Crippen LogP contribution < -0.4 is 16.8 Å². The third-order valence-electron chi connectivity index (χ3n) is 23.8. The molecule has 2 amide bonds. The number of carbonyl (C=O) groups excluding carboxylic acids is 6. The SMILES string of the molecule is CO[C@H]1C[C@@H]2CC[C@@H](C)[C@@](O)(O2)C(=O)C(=O)N2CCCC[C@H]2C(=O)O[C@H]([C@H](N)C[C@@H]2CC[C@@H](OCCCCc3cn(CCOCCOCCOCCOCCOCCOCCOCCOCCC(=O)NCCCCn4nc(-c5cnc6[nH]ccc6c5)c5c(N)ncnc54)nn3)[C@H](OC)C2)CC(=O)[C@H](C)/C=C(\C)[C@@H](O)[C@@H](OC)C(=O)[C@H](C)C[C@H](C)/C=C/C=C/C=C/1C. The van der Waals surface area contributed by atoms with Crippen LogP contribution in [0.3, 0.4) is 0 Å². The Balaban J connectivity index is 0.587. The molecule has 3 fully saturated rings. The molecule has 9 rings (SSSR count). The van der Waals surface area contributed by atoms with Crippen molar-refractivity contribution in [3.8, 4) is 11.3 Å². The molecule has 5 aromatic rings. The number of nitrogens with two attached hydrogens (primary N) is 2. The highest BCUT2D eigenvalue weighted by Gasteiger charge is 2.53. The van der Waals surface area contributed by atoms with Crippen LogP contribution in [0.5, 0.6) is 0 Å². The number of ether oxygens (including phenoxy) is 14. The van der Waals surface area contributed by atoms with E-state index < -0.39 is 83.8 Å². The van der Waals surface area contributed by atoms with Gasteiger partial charge in [0.05, 0.1) is 148 Å². The quantitative estimate of drug-likeness (QED) is 0.00933. The van der Waals surface area contributed by atoms with E-state index in [-0.39, 0.29) is 73.7 Å². The van der Waals surface area contributed by atoms with Gasteiger partial charge in [-0.15, -0.1) is 5.10 Å². The third-order valence-corrected chi connectivity index (χ3v) is 23.8.